The van der Waals surface area contributed by atoms with Crippen LogP contribution >= 0.6 is 11.3 Å². The molecular formula is C39H39FN4O6S. The molecule has 3 N–H and O–H groups in total. The zero-order valence-electron chi connectivity index (χ0n) is 28.2. The molecule has 1 atom stereocenters. The number of nitrogens with zero attached hydrogens (tertiary/aromatic N) is 2. The Labute approximate surface area is 300 Å². The number of hydrogen-bond acceptors (Lipinski definition) is 9. The SMILES string of the molecule is COc1ccc(-c2sc(C(=O)N3CCC(NCc4ccc(/C=C/C(=O)NOC5CCCCO5)cc4)CC3)cc2-c2ccc(C#N)c(F)c2)cc1O. The van der Waals surface area contributed by atoms with E-state index in [2.05, 4.69) is 10.8 Å². The highest BCUT2D eigenvalue weighted by Gasteiger charge is 2.27. The van der Waals surface area contributed by atoms with Gasteiger partial charge in [-0.2, -0.15) is 5.26 Å². The molecule has 0 spiro atoms. The highest BCUT2D eigenvalue weighted by molar-refractivity contribution is 7.18. The standard InChI is InChI=1S/C39H39FN4O6S/c1-48-34-13-12-28(21-33(34)45)38-31(27-10-11-29(23-41)32(40)20-27)22-35(51-38)39(47)44-17-15-30(16-18-44)42-24-26-7-5-25(6-8-26)9-14-36(46)43-50-37-4-2-3-19-49-37/h5-14,20-22,30,37,42,45H,2-4,15-19,24H2,1H3,(H,43,46)/b14-9+. The molecule has 0 saturated carbocycles. The summed E-state index contributed by atoms with van der Waals surface area (Å²) < 4.78 is 25.3. The first kappa shape index (κ1) is 35.8. The summed E-state index contributed by atoms with van der Waals surface area (Å²) in [5.41, 5.74) is 6.18. The van der Waals surface area contributed by atoms with E-state index >= 15 is 0 Å². The highest BCUT2D eigenvalue weighted by Crippen LogP contribution is 2.43. The fourth-order valence-electron chi connectivity index (χ4n) is 6.12. The average molecular weight is 711 g/mol. The van der Waals surface area contributed by atoms with E-state index < -0.39 is 12.1 Å². The Morgan fingerprint density at radius 3 is 2.53 bits per heavy atom. The summed E-state index contributed by atoms with van der Waals surface area (Å²) in [4.78, 5) is 34.2. The number of carbonyl (C=O) groups is 2. The number of nitriles is 1. The van der Waals surface area contributed by atoms with Gasteiger partial charge < -0.3 is 24.8 Å². The number of phenolic OH excluding ortho intramolecular Hbond substituents is 1. The predicted octanol–water partition coefficient (Wildman–Crippen LogP) is 6.79. The van der Waals surface area contributed by atoms with Crippen LogP contribution in [0.1, 0.15) is 58.5 Å². The minimum absolute atomic E-state index is 0.0494. The van der Waals surface area contributed by atoms with Gasteiger partial charge in [-0.3, -0.25) is 9.59 Å². The van der Waals surface area contributed by atoms with E-state index in [0.717, 1.165) is 43.2 Å². The molecule has 3 aromatic carbocycles. The van der Waals surface area contributed by atoms with Gasteiger partial charge in [-0.25, -0.2) is 14.7 Å². The second-order valence-electron chi connectivity index (χ2n) is 12.4. The fraction of sp³-hybridized carbons (Fsp3) is 0.308. The van der Waals surface area contributed by atoms with Crippen molar-refractivity contribution < 1.29 is 33.4 Å². The van der Waals surface area contributed by atoms with Gasteiger partial charge >= 0.3 is 0 Å². The van der Waals surface area contributed by atoms with Crippen LogP contribution in [0.3, 0.4) is 0 Å². The Morgan fingerprint density at radius 2 is 1.84 bits per heavy atom. The summed E-state index contributed by atoms with van der Waals surface area (Å²) in [6, 6.07) is 21.2. The van der Waals surface area contributed by atoms with Crippen molar-refractivity contribution in [3.8, 4) is 39.1 Å². The first-order valence-electron chi connectivity index (χ1n) is 16.9. The summed E-state index contributed by atoms with van der Waals surface area (Å²) in [5.74, 6) is -0.831. The van der Waals surface area contributed by atoms with E-state index in [4.69, 9.17) is 14.3 Å². The zero-order chi connectivity index (χ0) is 35.7. The number of carbonyl (C=O) groups excluding carboxylic acids is 2. The maximum absolute atomic E-state index is 14.7. The van der Waals surface area contributed by atoms with Gasteiger partial charge in [-0.05, 0) is 90.4 Å². The van der Waals surface area contributed by atoms with Gasteiger partial charge in [0.05, 0.1) is 17.6 Å². The monoisotopic (exact) mass is 710 g/mol. The van der Waals surface area contributed by atoms with Gasteiger partial charge in [-0.15, -0.1) is 11.3 Å². The lowest BCUT2D eigenvalue weighted by Gasteiger charge is -2.32. The van der Waals surface area contributed by atoms with Crippen LogP contribution in [0.15, 0.2) is 72.8 Å². The molecule has 0 radical (unpaired) electrons. The van der Waals surface area contributed by atoms with Crippen LogP contribution in [0.5, 0.6) is 11.5 Å². The fourth-order valence-corrected chi connectivity index (χ4v) is 7.26. The number of nitrogens with one attached hydrogen (secondary N) is 2. The number of likely N-dealkylation sites (tertiary alicyclic amines) is 1. The molecule has 2 fully saturated rings. The topological polar surface area (TPSA) is 133 Å². The first-order valence-corrected chi connectivity index (χ1v) is 17.7. The van der Waals surface area contributed by atoms with Crippen molar-refractivity contribution in [2.24, 2.45) is 0 Å². The molecule has 4 aromatic rings. The summed E-state index contributed by atoms with van der Waals surface area (Å²) in [6.45, 7) is 2.47. The van der Waals surface area contributed by atoms with Crippen LogP contribution in [0.25, 0.3) is 27.6 Å². The molecule has 2 aliphatic heterocycles. The van der Waals surface area contributed by atoms with Gasteiger partial charge in [-0.1, -0.05) is 30.3 Å². The summed E-state index contributed by atoms with van der Waals surface area (Å²) in [5, 5.41) is 23.3. The van der Waals surface area contributed by atoms with Gasteiger partial charge in [0.1, 0.15) is 11.9 Å². The van der Waals surface area contributed by atoms with Gasteiger partial charge in [0.15, 0.2) is 17.8 Å². The van der Waals surface area contributed by atoms with E-state index in [9.17, 15) is 24.3 Å². The van der Waals surface area contributed by atoms with Crippen molar-refractivity contribution in [1.82, 2.24) is 15.7 Å². The lowest BCUT2D eigenvalue weighted by Crippen LogP contribution is -2.44. The number of benzene rings is 3. The third kappa shape index (κ3) is 9.00. The molecular weight excluding hydrogens is 672 g/mol. The minimum atomic E-state index is -0.643. The number of halogens is 1. The molecule has 0 aliphatic carbocycles. The minimum Gasteiger partial charge on any atom is -0.504 e. The number of rotatable bonds is 11. The zero-order valence-corrected chi connectivity index (χ0v) is 29.0. The molecule has 2 aliphatic rings. The van der Waals surface area contributed by atoms with Crippen LogP contribution < -0.4 is 15.5 Å². The Bertz CT molecular complexity index is 1920. The molecule has 1 aromatic heterocycles. The van der Waals surface area contributed by atoms with Crippen LogP contribution in [0, 0.1) is 17.1 Å². The lowest BCUT2D eigenvalue weighted by molar-refractivity contribution is -0.198. The van der Waals surface area contributed by atoms with E-state index in [-0.39, 0.29) is 29.2 Å². The summed E-state index contributed by atoms with van der Waals surface area (Å²) in [6.07, 6.45) is 7.12. The number of ether oxygens (including phenoxy) is 2. The predicted molar refractivity (Wildman–Crippen MR) is 192 cm³/mol. The Balaban J connectivity index is 1.04. The van der Waals surface area contributed by atoms with Crippen molar-refractivity contribution >= 4 is 29.2 Å². The number of piperidine rings is 1. The third-order valence-electron chi connectivity index (χ3n) is 9.00. The first-order chi connectivity index (χ1) is 24.8. The van der Waals surface area contributed by atoms with Crippen LogP contribution in [-0.2, 0) is 20.9 Å². The third-order valence-corrected chi connectivity index (χ3v) is 10.2. The Kier molecular flexibility index (Phi) is 11.8. The number of amides is 2. The number of phenols is 1. The highest BCUT2D eigenvalue weighted by atomic mass is 32.1. The molecule has 3 heterocycles. The number of thiophene rings is 1. The number of hydroxylamine groups is 1. The van der Waals surface area contributed by atoms with Crippen molar-refractivity contribution in [3.05, 3.63) is 100 Å². The average Bonchev–Trinajstić information content (AvgIpc) is 3.62. The van der Waals surface area contributed by atoms with Crippen molar-refractivity contribution in [3.63, 3.8) is 0 Å². The molecule has 12 heteroatoms. The smallest absolute Gasteiger partial charge is 0.267 e. The lowest BCUT2D eigenvalue weighted by atomic mass is 10.00. The van der Waals surface area contributed by atoms with Crippen LogP contribution in [0.4, 0.5) is 4.39 Å². The molecule has 6 rings (SSSR count). The van der Waals surface area contributed by atoms with Gasteiger partial charge in [0, 0.05) is 55.2 Å². The molecule has 0 bridgehead atoms. The molecule has 1 unspecified atom stereocenters. The van der Waals surface area contributed by atoms with E-state index in [0.29, 0.717) is 58.4 Å². The van der Waals surface area contributed by atoms with E-state index in [1.165, 1.54) is 36.7 Å². The quantitative estimate of drug-likeness (QED) is 0.115. The number of hydrogen-bond donors (Lipinski definition) is 3. The Hall–Kier alpha value is -5.06. The van der Waals surface area contributed by atoms with Crippen molar-refractivity contribution in [2.75, 3.05) is 26.8 Å². The van der Waals surface area contributed by atoms with Crippen LogP contribution in [-0.4, -0.2) is 61.0 Å². The number of aromatic hydroxyl groups is 1. The molecule has 264 valence electrons. The van der Waals surface area contributed by atoms with Gasteiger partial charge in [0.25, 0.3) is 11.8 Å². The van der Waals surface area contributed by atoms with Gasteiger partial charge in [0.2, 0.25) is 0 Å². The second kappa shape index (κ2) is 16.8. The Morgan fingerprint density at radius 1 is 1.06 bits per heavy atom. The second-order valence-corrected chi connectivity index (χ2v) is 13.5. The summed E-state index contributed by atoms with van der Waals surface area (Å²) in [7, 11) is 1.47. The normalized spacial score (nSPS) is 16.6. The largest absolute Gasteiger partial charge is 0.504 e. The molecule has 2 amide bonds. The van der Waals surface area contributed by atoms with Crippen molar-refractivity contribution in [2.45, 2.75) is 51.0 Å². The molecule has 10 nitrogen and oxygen atoms in total. The van der Waals surface area contributed by atoms with Crippen molar-refractivity contribution in [1.29, 1.82) is 5.26 Å². The molecule has 2 saturated heterocycles. The van der Waals surface area contributed by atoms with E-state index in [1.54, 1.807) is 36.4 Å². The summed E-state index contributed by atoms with van der Waals surface area (Å²) >= 11 is 1.29. The van der Waals surface area contributed by atoms with E-state index in [1.807, 2.05) is 35.2 Å². The maximum atomic E-state index is 14.7. The molecule has 51 heavy (non-hydrogen) atoms. The number of methoxy groups -OCH3 is 1. The van der Waals surface area contributed by atoms with Crippen LogP contribution in [0.2, 0.25) is 0 Å². The maximum Gasteiger partial charge on any atom is 0.267 e.